The highest BCUT2D eigenvalue weighted by molar-refractivity contribution is 9.10. The van der Waals surface area contributed by atoms with Crippen molar-refractivity contribution in [2.45, 2.75) is 19.8 Å². The molecule has 16 heavy (non-hydrogen) atoms. The quantitative estimate of drug-likeness (QED) is 0.815. The molecule has 0 unspecified atom stereocenters. The molecule has 88 valence electrons. The fraction of sp³-hybridized carbons (Fsp3) is 0.417. The molecule has 0 saturated heterocycles. The monoisotopic (exact) mass is 287 g/mol. The number of ketones is 1. The predicted octanol–water partition coefficient (Wildman–Crippen LogP) is 2.70. The van der Waals surface area contributed by atoms with Gasteiger partial charge in [-0.3, -0.25) is 4.79 Å². The Hall–Kier alpha value is -0.740. The van der Waals surface area contributed by atoms with Crippen LogP contribution in [-0.2, 0) is 11.2 Å². The van der Waals surface area contributed by atoms with Gasteiger partial charge in [-0.15, -0.1) is 0 Å². The maximum absolute atomic E-state index is 13.4. The lowest BCUT2D eigenvalue weighted by molar-refractivity contribution is -0.117. The third-order valence-electron chi connectivity index (χ3n) is 2.15. The van der Waals surface area contributed by atoms with Crippen LogP contribution in [0.2, 0.25) is 0 Å². The Labute approximate surface area is 103 Å². The number of halogens is 2. The lowest BCUT2D eigenvalue weighted by Crippen LogP contribution is -2.25. The van der Waals surface area contributed by atoms with Crippen molar-refractivity contribution in [3.63, 3.8) is 0 Å². The molecular formula is C12H15BrFNO. The zero-order valence-corrected chi connectivity index (χ0v) is 10.8. The maximum Gasteiger partial charge on any atom is 0.151 e. The summed E-state index contributed by atoms with van der Waals surface area (Å²) in [6, 6.07) is 4.75. The van der Waals surface area contributed by atoms with Crippen molar-refractivity contribution in [3.8, 4) is 0 Å². The van der Waals surface area contributed by atoms with Crippen LogP contribution in [0.25, 0.3) is 0 Å². The van der Waals surface area contributed by atoms with Gasteiger partial charge in [-0.05, 0) is 30.7 Å². The SMILES string of the molecule is CCCNCC(=O)Cc1ccc(Br)cc1F. The Morgan fingerprint density at radius 2 is 2.25 bits per heavy atom. The van der Waals surface area contributed by atoms with Crippen LogP contribution in [0.3, 0.4) is 0 Å². The second-order valence-corrected chi connectivity index (χ2v) is 4.54. The summed E-state index contributed by atoms with van der Waals surface area (Å²) in [7, 11) is 0. The molecule has 0 bridgehead atoms. The van der Waals surface area contributed by atoms with Crippen LogP contribution in [0.5, 0.6) is 0 Å². The minimum Gasteiger partial charge on any atom is -0.310 e. The van der Waals surface area contributed by atoms with Crippen molar-refractivity contribution in [1.82, 2.24) is 5.32 Å². The second kappa shape index (κ2) is 6.76. The number of hydrogen-bond acceptors (Lipinski definition) is 2. The molecule has 0 saturated carbocycles. The van der Waals surface area contributed by atoms with E-state index in [-0.39, 0.29) is 18.0 Å². The molecule has 0 fully saturated rings. The first-order chi connectivity index (χ1) is 7.63. The number of carbonyl (C=O) groups is 1. The number of Topliss-reactive ketones (excluding diaryl/α,β-unsaturated/α-hetero) is 1. The molecule has 0 aliphatic carbocycles. The van der Waals surface area contributed by atoms with Gasteiger partial charge >= 0.3 is 0 Å². The maximum atomic E-state index is 13.4. The van der Waals surface area contributed by atoms with E-state index in [1.807, 2.05) is 6.92 Å². The summed E-state index contributed by atoms with van der Waals surface area (Å²) in [4.78, 5) is 11.5. The molecule has 0 spiro atoms. The van der Waals surface area contributed by atoms with Gasteiger partial charge < -0.3 is 5.32 Å². The molecule has 1 aromatic carbocycles. The average Bonchev–Trinajstić information content (AvgIpc) is 2.23. The van der Waals surface area contributed by atoms with Crippen molar-refractivity contribution in [1.29, 1.82) is 0 Å². The van der Waals surface area contributed by atoms with Crippen molar-refractivity contribution >= 4 is 21.7 Å². The smallest absolute Gasteiger partial charge is 0.151 e. The first kappa shape index (κ1) is 13.3. The van der Waals surface area contributed by atoms with Crippen molar-refractivity contribution in [2.24, 2.45) is 0 Å². The molecule has 0 aromatic heterocycles. The first-order valence-corrected chi connectivity index (χ1v) is 6.09. The van der Waals surface area contributed by atoms with E-state index in [0.717, 1.165) is 13.0 Å². The van der Waals surface area contributed by atoms with Crippen molar-refractivity contribution in [3.05, 3.63) is 34.1 Å². The minimum absolute atomic E-state index is 0.00896. The van der Waals surface area contributed by atoms with Gasteiger partial charge in [0, 0.05) is 10.9 Å². The van der Waals surface area contributed by atoms with E-state index in [1.54, 1.807) is 12.1 Å². The molecule has 0 atom stereocenters. The summed E-state index contributed by atoms with van der Waals surface area (Å²) in [5.74, 6) is -0.326. The second-order valence-electron chi connectivity index (χ2n) is 3.63. The molecule has 1 N–H and O–H groups in total. The molecule has 2 nitrogen and oxygen atoms in total. The van der Waals surface area contributed by atoms with Gasteiger partial charge in [0.05, 0.1) is 6.54 Å². The Bertz CT molecular complexity index is 368. The topological polar surface area (TPSA) is 29.1 Å². The predicted molar refractivity (Wildman–Crippen MR) is 66.0 cm³/mol. The Balaban J connectivity index is 2.49. The molecule has 4 heteroatoms. The van der Waals surface area contributed by atoms with Crippen LogP contribution in [0.15, 0.2) is 22.7 Å². The van der Waals surface area contributed by atoms with Gasteiger partial charge in [0.2, 0.25) is 0 Å². The van der Waals surface area contributed by atoms with E-state index >= 15 is 0 Å². The van der Waals surface area contributed by atoms with E-state index in [9.17, 15) is 9.18 Å². The van der Waals surface area contributed by atoms with Crippen LogP contribution in [-0.4, -0.2) is 18.9 Å². The number of carbonyl (C=O) groups excluding carboxylic acids is 1. The average molecular weight is 288 g/mol. The van der Waals surface area contributed by atoms with E-state index in [1.165, 1.54) is 6.07 Å². The minimum atomic E-state index is -0.335. The highest BCUT2D eigenvalue weighted by Crippen LogP contribution is 2.15. The summed E-state index contributed by atoms with van der Waals surface area (Å²) in [5.41, 5.74) is 0.450. The largest absolute Gasteiger partial charge is 0.310 e. The zero-order valence-electron chi connectivity index (χ0n) is 9.22. The zero-order chi connectivity index (χ0) is 12.0. The summed E-state index contributed by atoms with van der Waals surface area (Å²) in [6.07, 6.45) is 1.13. The summed E-state index contributed by atoms with van der Waals surface area (Å²) in [5, 5.41) is 3.00. The Morgan fingerprint density at radius 3 is 2.88 bits per heavy atom. The Morgan fingerprint density at radius 1 is 1.50 bits per heavy atom. The van der Waals surface area contributed by atoms with Gasteiger partial charge in [-0.2, -0.15) is 0 Å². The molecule has 0 amide bonds. The van der Waals surface area contributed by atoms with Gasteiger partial charge in [-0.25, -0.2) is 4.39 Å². The Kier molecular flexibility index (Phi) is 5.63. The van der Waals surface area contributed by atoms with Crippen molar-refractivity contribution < 1.29 is 9.18 Å². The van der Waals surface area contributed by atoms with Crippen molar-refractivity contribution in [2.75, 3.05) is 13.1 Å². The number of benzene rings is 1. The normalized spacial score (nSPS) is 10.4. The third-order valence-corrected chi connectivity index (χ3v) is 2.64. The van der Waals surface area contributed by atoms with Gasteiger partial charge in [0.15, 0.2) is 5.78 Å². The lowest BCUT2D eigenvalue weighted by Gasteiger charge is -2.04. The lowest BCUT2D eigenvalue weighted by atomic mass is 10.1. The molecule has 0 aliphatic heterocycles. The number of nitrogens with one attached hydrogen (secondary N) is 1. The van der Waals surface area contributed by atoms with Crippen LogP contribution < -0.4 is 5.32 Å². The van der Waals surface area contributed by atoms with Crippen LogP contribution in [0.4, 0.5) is 4.39 Å². The van der Waals surface area contributed by atoms with Gasteiger partial charge in [0.25, 0.3) is 0 Å². The number of rotatable bonds is 6. The van der Waals surface area contributed by atoms with Gasteiger partial charge in [0.1, 0.15) is 5.82 Å². The highest BCUT2D eigenvalue weighted by atomic mass is 79.9. The fourth-order valence-corrected chi connectivity index (χ4v) is 1.68. The number of hydrogen-bond donors (Lipinski definition) is 1. The summed E-state index contributed by atoms with van der Waals surface area (Å²) >= 11 is 3.18. The van der Waals surface area contributed by atoms with E-state index in [0.29, 0.717) is 16.6 Å². The van der Waals surface area contributed by atoms with E-state index in [2.05, 4.69) is 21.2 Å². The molecule has 0 radical (unpaired) electrons. The van der Waals surface area contributed by atoms with Crippen LogP contribution in [0.1, 0.15) is 18.9 Å². The van der Waals surface area contributed by atoms with Crippen LogP contribution in [0, 0.1) is 5.82 Å². The molecule has 1 rings (SSSR count). The van der Waals surface area contributed by atoms with E-state index in [4.69, 9.17) is 0 Å². The fourth-order valence-electron chi connectivity index (χ4n) is 1.34. The first-order valence-electron chi connectivity index (χ1n) is 5.29. The molecule has 0 heterocycles. The molecule has 0 aliphatic rings. The van der Waals surface area contributed by atoms with E-state index < -0.39 is 0 Å². The van der Waals surface area contributed by atoms with Gasteiger partial charge in [-0.1, -0.05) is 28.9 Å². The standard InChI is InChI=1S/C12H15BrFNO/c1-2-5-15-8-11(16)6-9-3-4-10(13)7-12(9)14/h3-4,7,15H,2,5-6,8H2,1H3. The summed E-state index contributed by atoms with van der Waals surface area (Å²) < 4.78 is 14.1. The van der Waals surface area contributed by atoms with Crippen LogP contribution >= 0.6 is 15.9 Å². The highest BCUT2D eigenvalue weighted by Gasteiger charge is 2.08. The molecule has 1 aromatic rings. The molecular weight excluding hydrogens is 273 g/mol. The summed E-state index contributed by atoms with van der Waals surface area (Å²) in [6.45, 7) is 3.16. The third kappa shape index (κ3) is 4.41.